The number of nitrogens with zero attached hydrogens (tertiary/aromatic N) is 7. The van der Waals surface area contributed by atoms with Crippen LogP contribution in [0.5, 0.6) is 0 Å². The molecule has 26 heavy (non-hydrogen) atoms. The molecule has 0 radical (unpaired) electrons. The number of likely N-dealkylation sites (tertiary alicyclic amines) is 1. The van der Waals surface area contributed by atoms with Crippen LogP contribution in [0.1, 0.15) is 41.7 Å². The van der Waals surface area contributed by atoms with Crippen LogP contribution in [0.3, 0.4) is 0 Å². The van der Waals surface area contributed by atoms with Crippen LogP contribution >= 0.6 is 0 Å². The SMILES string of the molecule is Cc1nn(C)cc1Cc1nc(-c2cn[nH]c2C)nn1C1CCN(C)CC1. The molecule has 0 bridgehead atoms. The first kappa shape index (κ1) is 17.0. The second kappa shape index (κ2) is 6.68. The third-order valence-corrected chi connectivity index (χ3v) is 5.27. The second-order valence-electron chi connectivity index (χ2n) is 7.33. The van der Waals surface area contributed by atoms with Crippen molar-refractivity contribution in [2.75, 3.05) is 20.1 Å². The Bertz CT molecular complexity index is 894. The van der Waals surface area contributed by atoms with Gasteiger partial charge in [0.2, 0.25) is 0 Å². The number of aromatic amines is 1. The summed E-state index contributed by atoms with van der Waals surface area (Å²) in [6.07, 6.45) is 6.83. The van der Waals surface area contributed by atoms with Gasteiger partial charge in [0.1, 0.15) is 5.82 Å². The Morgan fingerprint density at radius 1 is 1.15 bits per heavy atom. The minimum Gasteiger partial charge on any atom is -0.306 e. The number of rotatable bonds is 4. The lowest BCUT2D eigenvalue weighted by Gasteiger charge is -2.29. The first-order chi connectivity index (χ1) is 12.5. The fourth-order valence-electron chi connectivity index (χ4n) is 3.69. The molecule has 1 saturated heterocycles. The molecule has 4 heterocycles. The summed E-state index contributed by atoms with van der Waals surface area (Å²) < 4.78 is 4.02. The van der Waals surface area contributed by atoms with Gasteiger partial charge in [-0.2, -0.15) is 15.3 Å². The topological polar surface area (TPSA) is 80.5 Å². The molecule has 4 rings (SSSR count). The standard InChI is InChI=1S/C18H26N8/c1-12-14(11-25(4)22-12)9-17-20-18(16-10-19-21-13(16)2)23-26(17)15-5-7-24(3)8-6-15/h10-11,15H,5-9H2,1-4H3,(H,19,21). The van der Waals surface area contributed by atoms with E-state index < -0.39 is 0 Å². The average Bonchev–Trinajstić information content (AvgIpc) is 3.28. The third kappa shape index (κ3) is 3.16. The quantitative estimate of drug-likeness (QED) is 0.774. The summed E-state index contributed by atoms with van der Waals surface area (Å²) in [7, 11) is 4.14. The maximum absolute atomic E-state index is 4.89. The highest BCUT2D eigenvalue weighted by atomic mass is 15.4. The molecule has 1 aliphatic rings. The van der Waals surface area contributed by atoms with E-state index in [1.807, 2.05) is 31.8 Å². The van der Waals surface area contributed by atoms with Crippen molar-refractivity contribution in [3.8, 4) is 11.4 Å². The summed E-state index contributed by atoms with van der Waals surface area (Å²) in [5.74, 6) is 1.76. The van der Waals surface area contributed by atoms with Crippen LogP contribution < -0.4 is 0 Å². The van der Waals surface area contributed by atoms with E-state index in [0.717, 1.165) is 61.0 Å². The molecule has 8 heteroatoms. The molecular formula is C18H26N8. The van der Waals surface area contributed by atoms with E-state index in [1.165, 1.54) is 5.56 Å². The zero-order valence-corrected chi connectivity index (χ0v) is 15.9. The summed E-state index contributed by atoms with van der Waals surface area (Å²) in [5, 5.41) is 16.5. The number of H-pyrrole nitrogens is 1. The summed E-state index contributed by atoms with van der Waals surface area (Å²) in [4.78, 5) is 7.27. The molecule has 0 aromatic carbocycles. The van der Waals surface area contributed by atoms with E-state index >= 15 is 0 Å². The van der Waals surface area contributed by atoms with Crippen LogP contribution in [0.2, 0.25) is 0 Å². The molecule has 0 amide bonds. The summed E-state index contributed by atoms with van der Waals surface area (Å²) >= 11 is 0. The van der Waals surface area contributed by atoms with Crippen LogP contribution in [-0.2, 0) is 13.5 Å². The Kier molecular flexibility index (Phi) is 4.36. The maximum Gasteiger partial charge on any atom is 0.184 e. The minimum atomic E-state index is 0.395. The molecule has 0 aliphatic carbocycles. The summed E-state index contributed by atoms with van der Waals surface area (Å²) in [6.45, 7) is 6.24. The lowest BCUT2D eigenvalue weighted by Crippen LogP contribution is -2.32. The first-order valence-electron chi connectivity index (χ1n) is 9.14. The Hall–Kier alpha value is -2.48. The number of aryl methyl sites for hydroxylation is 3. The number of aromatic nitrogens is 7. The molecule has 1 aliphatic heterocycles. The van der Waals surface area contributed by atoms with Gasteiger partial charge in [-0.05, 0) is 46.8 Å². The molecule has 138 valence electrons. The lowest BCUT2D eigenvalue weighted by atomic mass is 10.1. The monoisotopic (exact) mass is 354 g/mol. The molecular weight excluding hydrogens is 328 g/mol. The Morgan fingerprint density at radius 2 is 1.92 bits per heavy atom. The number of hydrogen-bond acceptors (Lipinski definition) is 5. The minimum absolute atomic E-state index is 0.395. The molecule has 3 aromatic rings. The highest BCUT2D eigenvalue weighted by Gasteiger charge is 2.24. The van der Waals surface area contributed by atoms with Crippen molar-refractivity contribution in [3.05, 3.63) is 35.2 Å². The normalized spacial score (nSPS) is 16.5. The molecule has 0 unspecified atom stereocenters. The molecule has 3 aromatic heterocycles. The number of piperidine rings is 1. The average molecular weight is 354 g/mol. The predicted molar refractivity (Wildman–Crippen MR) is 98.9 cm³/mol. The van der Waals surface area contributed by atoms with Gasteiger partial charge in [0.05, 0.1) is 23.5 Å². The van der Waals surface area contributed by atoms with Crippen molar-refractivity contribution in [1.29, 1.82) is 0 Å². The van der Waals surface area contributed by atoms with Crippen molar-refractivity contribution in [1.82, 2.24) is 39.6 Å². The molecule has 1 fully saturated rings. The highest BCUT2D eigenvalue weighted by Crippen LogP contribution is 2.27. The van der Waals surface area contributed by atoms with Crippen LogP contribution in [0.4, 0.5) is 0 Å². The Morgan fingerprint density at radius 3 is 2.54 bits per heavy atom. The van der Waals surface area contributed by atoms with Crippen LogP contribution in [0, 0.1) is 13.8 Å². The zero-order valence-electron chi connectivity index (χ0n) is 15.9. The van der Waals surface area contributed by atoms with Gasteiger partial charge in [-0.3, -0.25) is 9.78 Å². The fourth-order valence-corrected chi connectivity index (χ4v) is 3.69. The molecule has 0 saturated carbocycles. The van der Waals surface area contributed by atoms with Crippen LogP contribution in [-0.4, -0.2) is 59.8 Å². The van der Waals surface area contributed by atoms with Crippen LogP contribution in [0.15, 0.2) is 12.4 Å². The zero-order chi connectivity index (χ0) is 18.3. The fraction of sp³-hybridized carbons (Fsp3) is 0.556. The Balaban J connectivity index is 1.71. The number of hydrogen-bond donors (Lipinski definition) is 1. The van der Waals surface area contributed by atoms with Gasteiger partial charge in [-0.1, -0.05) is 0 Å². The van der Waals surface area contributed by atoms with Crippen molar-refractivity contribution < 1.29 is 0 Å². The highest BCUT2D eigenvalue weighted by molar-refractivity contribution is 5.56. The van der Waals surface area contributed by atoms with E-state index in [-0.39, 0.29) is 0 Å². The molecule has 8 nitrogen and oxygen atoms in total. The van der Waals surface area contributed by atoms with Gasteiger partial charge >= 0.3 is 0 Å². The number of nitrogens with one attached hydrogen (secondary N) is 1. The van der Waals surface area contributed by atoms with E-state index in [0.29, 0.717) is 6.04 Å². The van der Waals surface area contributed by atoms with Gasteiger partial charge in [-0.25, -0.2) is 9.67 Å². The van der Waals surface area contributed by atoms with Gasteiger partial charge in [-0.15, -0.1) is 0 Å². The van der Waals surface area contributed by atoms with Crippen molar-refractivity contribution in [2.45, 2.75) is 39.2 Å². The molecule has 0 spiro atoms. The van der Waals surface area contributed by atoms with Gasteiger partial charge < -0.3 is 4.90 Å². The van der Waals surface area contributed by atoms with Crippen molar-refractivity contribution in [2.24, 2.45) is 7.05 Å². The van der Waals surface area contributed by atoms with Crippen LogP contribution in [0.25, 0.3) is 11.4 Å². The Labute approximate surface area is 153 Å². The molecule has 1 N–H and O–H groups in total. The lowest BCUT2D eigenvalue weighted by molar-refractivity contribution is 0.210. The summed E-state index contributed by atoms with van der Waals surface area (Å²) in [6, 6.07) is 0.395. The maximum atomic E-state index is 4.89. The van der Waals surface area contributed by atoms with Crippen molar-refractivity contribution in [3.63, 3.8) is 0 Å². The van der Waals surface area contributed by atoms with E-state index in [1.54, 1.807) is 0 Å². The largest absolute Gasteiger partial charge is 0.306 e. The van der Waals surface area contributed by atoms with Gasteiger partial charge in [0, 0.05) is 30.9 Å². The van der Waals surface area contributed by atoms with Gasteiger partial charge in [0.15, 0.2) is 5.82 Å². The van der Waals surface area contributed by atoms with E-state index in [9.17, 15) is 0 Å². The second-order valence-corrected chi connectivity index (χ2v) is 7.33. The smallest absolute Gasteiger partial charge is 0.184 e. The van der Waals surface area contributed by atoms with Gasteiger partial charge in [0.25, 0.3) is 0 Å². The van der Waals surface area contributed by atoms with E-state index in [4.69, 9.17) is 10.1 Å². The predicted octanol–water partition coefficient (Wildman–Crippen LogP) is 1.88. The van der Waals surface area contributed by atoms with Crippen molar-refractivity contribution >= 4 is 0 Å². The van der Waals surface area contributed by atoms with E-state index in [2.05, 4.69) is 38.1 Å². The first-order valence-corrected chi connectivity index (χ1v) is 9.14. The molecule has 0 atom stereocenters. The summed E-state index contributed by atoms with van der Waals surface area (Å²) in [5.41, 5.74) is 4.21. The third-order valence-electron chi connectivity index (χ3n) is 5.27.